The summed E-state index contributed by atoms with van der Waals surface area (Å²) in [6.45, 7) is 2.03. The number of halogens is 1. The summed E-state index contributed by atoms with van der Waals surface area (Å²) >= 11 is 4.89. The van der Waals surface area contributed by atoms with E-state index < -0.39 is 10.0 Å². The zero-order chi connectivity index (χ0) is 18.3. The minimum atomic E-state index is -3.64. The van der Waals surface area contributed by atoms with E-state index in [4.69, 9.17) is 0 Å². The first-order valence-electron chi connectivity index (χ1n) is 7.74. The Morgan fingerprint density at radius 1 is 1.15 bits per heavy atom. The van der Waals surface area contributed by atoms with Crippen LogP contribution >= 0.6 is 27.3 Å². The second-order valence-corrected chi connectivity index (χ2v) is 9.23. The number of fused-ring (bicyclic) bond motifs is 1. The molecule has 0 aliphatic carbocycles. The molecule has 0 radical (unpaired) electrons. The van der Waals surface area contributed by atoms with Crippen LogP contribution in [0.1, 0.15) is 5.69 Å². The van der Waals surface area contributed by atoms with Crippen LogP contribution in [-0.4, -0.2) is 17.8 Å². The number of aromatic nitrogens is 2. The third-order valence-electron chi connectivity index (χ3n) is 3.92. The van der Waals surface area contributed by atoms with Gasteiger partial charge in [-0.2, -0.15) is 0 Å². The molecule has 2 aromatic carbocycles. The number of sulfonamides is 1. The van der Waals surface area contributed by atoms with Crippen LogP contribution < -0.4 is 4.72 Å². The first-order chi connectivity index (χ1) is 12.4. The summed E-state index contributed by atoms with van der Waals surface area (Å²) in [6.07, 6.45) is 1.96. The van der Waals surface area contributed by atoms with E-state index in [1.165, 1.54) is 0 Å². The molecule has 0 aliphatic rings. The van der Waals surface area contributed by atoms with Gasteiger partial charge >= 0.3 is 0 Å². The van der Waals surface area contributed by atoms with Crippen molar-refractivity contribution in [2.45, 2.75) is 11.8 Å². The molecule has 26 heavy (non-hydrogen) atoms. The first kappa shape index (κ1) is 17.3. The second-order valence-electron chi connectivity index (χ2n) is 5.80. The maximum absolute atomic E-state index is 12.6. The van der Waals surface area contributed by atoms with Crippen LogP contribution in [0.15, 0.2) is 69.5 Å². The van der Waals surface area contributed by atoms with Gasteiger partial charge < -0.3 is 0 Å². The Hall–Kier alpha value is -2.16. The van der Waals surface area contributed by atoms with Gasteiger partial charge in [-0.3, -0.25) is 9.12 Å². The van der Waals surface area contributed by atoms with Crippen LogP contribution in [0.3, 0.4) is 0 Å². The Morgan fingerprint density at radius 2 is 1.92 bits per heavy atom. The SMILES string of the molecule is Cc1csc2nc(-c3cccc(NS(=O)(=O)c4ccc(Br)cc4)c3)cn12. The van der Waals surface area contributed by atoms with Gasteiger partial charge in [-0.25, -0.2) is 13.4 Å². The van der Waals surface area contributed by atoms with E-state index in [1.54, 1.807) is 47.7 Å². The number of thiazole rings is 1. The predicted molar refractivity (Wildman–Crippen MR) is 108 cm³/mol. The smallest absolute Gasteiger partial charge is 0.261 e. The van der Waals surface area contributed by atoms with E-state index in [1.807, 2.05) is 29.7 Å². The molecule has 0 amide bonds. The third kappa shape index (κ3) is 3.27. The van der Waals surface area contributed by atoms with Crippen molar-refractivity contribution in [1.29, 1.82) is 0 Å². The van der Waals surface area contributed by atoms with Crippen LogP contribution in [0.2, 0.25) is 0 Å². The Kier molecular flexibility index (Phi) is 4.34. The van der Waals surface area contributed by atoms with Crippen molar-refractivity contribution in [2.24, 2.45) is 0 Å². The highest BCUT2D eigenvalue weighted by Crippen LogP contribution is 2.26. The fraction of sp³-hybridized carbons (Fsp3) is 0.0556. The molecule has 4 aromatic rings. The number of benzene rings is 2. The van der Waals surface area contributed by atoms with E-state index in [9.17, 15) is 8.42 Å². The van der Waals surface area contributed by atoms with Gasteiger partial charge in [-0.05, 0) is 43.3 Å². The predicted octanol–water partition coefficient (Wildman–Crippen LogP) is 4.93. The number of rotatable bonds is 4. The Balaban J connectivity index is 1.66. The summed E-state index contributed by atoms with van der Waals surface area (Å²) in [4.78, 5) is 5.74. The molecule has 5 nitrogen and oxygen atoms in total. The van der Waals surface area contributed by atoms with Gasteiger partial charge in [0.2, 0.25) is 0 Å². The van der Waals surface area contributed by atoms with E-state index in [0.717, 1.165) is 26.4 Å². The monoisotopic (exact) mass is 447 g/mol. The van der Waals surface area contributed by atoms with Crippen molar-refractivity contribution in [2.75, 3.05) is 4.72 Å². The Morgan fingerprint density at radius 3 is 2.65 bits per heavy atom. The van der Waals surface area contributed by atoms with Crippen molar-refractivity contribution in [3.05, 3.63) is 70.3 Å². The average Bonchev–Trinajstić information content (AvgIpc) is 3.18. The fourth-order valence-electron chi connectivity index (χ4n) is 2.60. The fourth-order valence-corrected chi connectivity index (χ4v) is 4.77. The van der Waals surface area contributed by atoms with Gasteiger partial charge in [0.1, 0.15) is 0 Å². The lowest BCUT2D eigenvalue weighted by atomic mass is 10.1. The number of anilines is 1. The molecule has 0 unspecified atom stereocenters. The van der Waals surface area contributed by atoms with Crippen molar-refractivity contribution in [3.63, 3.8) is 0 Å². The van der Waals surface area contributed by atoms with E-state index in [0.29, 0.717) is 5.69 Å². The van der Waals surface area contributed by atoms with Crippen molar-refractivity contribution in [1.82, 2.24) is 9.38 Å². The normalized spacial score (nSPS) is 11.8. The van der Waals surface area contributed by atoms with E-state index in [-0.39, 0.29) is 4.90 Å². The molecule has 132 valence electrons. The Bertz CT molecular complexity index is 1190. The summed E-state index contributed by atoms with van der Waals surface area (Å²) in [5.74, 6) is 0. The van der Waals surface area contributed by atoms with E-state index >= 15 is 0 Å². The molecule has 0 saturated heterocycles. The highest BCUT2D eigenvalue weighted by atomic mass is 79.9. The Labute approximate surface area is 163 Å². The zero-order valence-corrected chi connectivity index (χ0v) is 16.9. The van der Waals surface area contributed by atoms with Gasteiger partial charge in [-0.1, -0.05) is 28.1 Å². The largest absolute Gasteiger partial charge is 0.294 e. The summed E-state index contributed by atoms with van der Waals surface area (Å²) in [6, 6.07) is 13.8. The lowest BCUT2D eigenvalue weighted by molar-refractivity contribution is 0.601. The highest BCUT2D eigenvalue weighted by Gasteiger charge is 2.15. The van der Waals surface area contributed by atoms with Gasteiger partial charge in [0.15, 0.2) is 4.96 Å². The van der Waals surface area contributed by atoms with Crippen molar-refractivity contribution < 1.29 is 8.42 Å². The van der Waals surface area contributed by atoms with E-state index in [2.05, 4.69) is 31.0 Å². The van der Waals surface area contributed by atoms with Crippen LogP contribution in [0.5, 0.6) is 0 Å². The number of imidazole rings is 1. The molecule has 0 spiro atoms. The van der Waals surface area contributed by atoms with Gasteiger partial charge in [0.05, 0.1) is 10.6 Å². The number of nitrogens with zero attached hydrogens (tertiary/aromatic N) is 2. The quantitative estimate of drug-likeness (QED) is 0.481. The second kappa shape index (κ2) is 6.53. The number of hydrogen-bond donors (Lipinski definition) is 1. The molecular weight excluding hydrogens is 434 g/mol. The molecule has 0 fully saturated rings. The van der Waals surface area contributed by atoms with Crippen LogP contribution in [0.4, 0.5) is 5.69 Å². The van der Waals surface area contributed by atoms with Crippen LogP contribution in [-0.2, 0) is 10.0 Å². The number of aryl methyl sites for hydroxylation is 1. The molecule has 2 aromatic heterocycles. The molecule has 0 aliphatic heterocycles. The summed E-state index contributed by atoms with van der Waals surface area (Å²) in [5.41, 5.74) is 3.29. The van der Waals surface area contributed by atoms with Gasteiger partial charge in [0.25, 0.3) is 10.0 Å². The van der Waals surface area contributed by atoms with Crippen LogP contribution in [0.25, 0.3) is 16.2 Å². The van der Waals surface area contributed by atoms with Crippen LogP contribution in [0, 0.1) is 6.92 Å². The molecular formula is C18H14BrN3O2S2. The summed E-state index contributed by atoms with van der Waals surface area (Å²) < 4.78 is 30.6. The highest BCUT2D eigenvalue weighted by molar-refractivity contribution is 9.10. The average molecular weight is 448 g/mol. The third-order valence-corrected chi connectivity index (χ3v) is 6.81. The molecule has 0 atom stereocenters. The first-order valence-corrected chi connectivity index (χ1v) is 10.9. The minimum Gasteiger partial charge on any atom is -0.294 e. The summed E-state index contributed by atoms with van der Waals surface area (Å²) in [5, 5.41) is 2.05. The molecule has 0 bridgehead atoms. The molecule has 8 heteroatoms. The molecule has 2 heterocycles. The van der Waals surface area contributed by atoms with Gasteiger partial charge in [0, 0.05) is 33.0 Å². The number of hydrogen-bond acceptors (Lipinski definition) is 4. The topological polar surface area (TPSA) is 63.5 Å². The lowest BCUT2D eigenvalue weighted by Gasteiger charge is -2.09. The molecule has 4 rings (SSSR count). The lowest BCUT2D eigenvalue weighted by Crippen LogP contribution is -2.12. The molecule has 0 saturated carbocycles. The number of nitrogens with one attached hydrogen (secondary N) is 1. The minimum absolute atomic E-state index is 0.212. The van der Waals surface area contributed by atoms with Crippen molar-refractivity contribution >= 4 is 47.9 Å². The standard InChI is InChI=1S/C18H14BrN3O2S2/c1-12-11-25-18-20-17(10-22(12)18)13-3-2-4-15(9-13)21-26(23,24)16-7-5-14(19)6-8-16/h2-11,21H,1H3. The maximum Gasteiger partial charge on any atom is 0.261 e. The van der Waals surface area contributed by atoms with Gasteiger partial charge in [-0.15, -0.1) is 11.3 Å². The maximum atomic E-state index is 12.6. The summed E-state index contributed by atoms with van der Waals surface area (Å²) in [7, 11) is -3.64. The van der Waals surface area contributed by atoms with Crippen molar-refractivity contribution in [3.8, 4) is 11.3 Å². The molecule has 1 N–H and O–H groups in total. The zero-order valence-electron chi connectivity index (χ0n) is 13.7.